The SMILES string of the molecule is Cc1ccc(NC(=O)C(C)Nc2cc(F)ccc2Cl)cc1. The van der Waals surface area contributed by atoms with Gasteiger partial charge in [0.1, 0.15) is 11.9 Å². The van der Waals surface area contributed by atoms with Crippen molar-refractivity contribution in [2.45, 2.75) is 19.9 Å². The Balaban J connectivity index is 2.02. The average Bonchev–Trinajstić information content (AvgIpc) is 2.45. The van der Waals surface area contributed by atoms with Gasteiger partial charge in [0.25, 0.3) is 0 Å². The Bertz CT molecular complexity index is 643. The normalized spacial score (nSPS) is 11.8. The van der Waals surface area contributed by atoms with E-state index in [9.17, 15) is 9.18 Å². The van der Waals surface area contributed by atoms with Crippen LogP contribution in [0.3, 0.4) is 0 Å². The molecule has 0 saturated carbocycles. The molecule has 3 nitrogen and oxygen atoms in total. The summed E-state index contributed by atoms with van der Waals surface area (Å²) >= 11 is 5.96. The highest BCUT2D eigenvalue weighted by atomic mass is 35.5. The lowest BCUT2D eigenvalue weighted by Gasteiger charge is -2.16. The van der Waals surface area contributed by atoms with Gasteiger partial charge in [-0.3, -0.25) is 4.79 Å². The van der Waals surface area contributed by atoms with E-state index in [1.54, 1.807) is 6.92 Å². The number of nitrogens with one attached hydrogen (secondary N) is 2. The van der Waals surface area contributed by atoms with Gasteiger partial charge in [0, 0.05) is 5.69 Å². The van der Waals surface area contributed by atoms with E-state index in [4.69, 9.17) is 11.6 Å². The van der Waals surface area contributed by atoms with Crippen molar-refractivity contribution < 1.29 is 9.18 Å². The van der Waals surface area contributed by atoms with Gasteiger partial charge in [0.2, 0.25) is 5.91 Å². The molecule has 2 aromatic carbocycles. The van der Waals surface area contributed by atoms with Crippen molar-refractivity contribution in [2.75, 3.05) is 10.6 Å². The summed E-state index contributed by atoms with van der Waals surface area (Å²) in [7, 11) is 0. The number of hydrogen-bond donors (Lipinski definition) is 2. The maximum Gasteiger partial charge on any atom is 0.246 e. The molecule has 2 N–H and O–H groups in total. The second-order valence-electron chi connectivity index (χ2n) is 4.85. The second-order valence-corrected chi connectivity index (χ2v) is 5.25. The van der Waals surface area contributed by atoms with Crippen molar-refractivity contribution in [2.24, 2.45) is 0 Å². The van der Waals surface area contributed by atoms with Crippen LogP contribution in [0.2, 0.25) is 5.02 Å². The van der Waals surface area contributed by atoms with E-state index < -0.39 is 11.9 Å². The van der Waals surface area contributed by atoms with E-state index in [1.807, 2.05) is 31.2 Å². The Morgan fingerprint density at radius 2 is 1.86 bits per heavy atom. The van der Waals surface area contributed by atoms with E-state index in [0.29, 0.717) is 16.4 Å². The summed E-state index contributed by atoms with van der Waals surface area (Å²) < 4.78 is 13.2. The molecule has 0 fully saturated rings. The molecule has 2 aromatic rings. The number of carbonyl (C=O) groups is 1. The van der Waals surface area contributed by atoms with Crippen LogP contribution in [0.1, 0.15) is 12.5 Å². The highest BCUT2D eigenvalue weighted by Gasteiger charge is 2.14. The van der Waals surface area contributed by atoms with E-state index in [0.717, 1.165) is 5.56 Å². The largest absolute Gasteiger partial charge is 0.373 e. The van der Waals surface area contributed by atoms with Crippen molar-refractivity contribution in [1.29, 1.82) is 0 Å². The number of amides is 1. The van der Waals surface area contributed by atoms with Crippen LogP contribution in [-0.4, -0.2) is 11.9 Å². The van der Waals surface area contributed by atoms with Crippen molar-refractivity contribution in [3.63, 3.8) is 0 Å². The molecule has 0 spiro atoms. The summed E-state index contributed by atoms with van der Waals surface area (Å²) in [6, 6.07) is 10.9. The zero-order chi connectivity index (χ0) is 15.4. The van der Waals surface area contributed by atoms with Crippen molar-refractivity contribution in [3.05, 3.63) is 58.9 Å². The quantitative estimate of drug-likeness (QED) is 0.887. The van der Waals surface area contributed by atoms with Crippen molar-refractivity contribution in [3.8, 4) is 0 Å². The van der Waals surface area contributed by atoms with Gasteiger partial charge in [0.15, 0.2) is 0 Å². The first-order valence-corrected chi connectivity index (χ1v) is 6.92. The molecule has 5 heteroatoms. The van der Waals surface area contributed by atoms with Gasteiger partial charge in [-0.05, 0) is 44.2 Å². The fraction of sp³-hybridized carbons (Fsp3) is 0.188. The average molecular weight is 307 g/mol. The molecule has 1 atom stereocenters. The lowest BCUT2D eigenvalue weighted by atomic mass is 10.2. The molecule has 21 heavy (non-hydrogen) atoms. The summed E-state index contributed by atoms with van der Waals surface area (Å²) in [4.78, 5) is 12.1. The third-order valence-corrected chi connectivity index (χ3v) is 3.34. The number of carbonyl (C=O) groups excluding carboxylic acids is 1. The lowest BCUT2D eigenvalue weighted by molar-refractivity contribution is -0.116. The second kappa shape index (κ2) is 6.59. The number of aryl methyl sites for hydroxylation is 1. The lowest BCUT2D eigenvalue weighted by Crippen LogP contribution is -2.32. The van der Waals surface area contributed by atoms with Gasteiger partial charge in [-0.25, -0.2) is 4.39 Å². The Labute approximate surface area is 128 Å². The Morgan fingerprint density at radius 3 is 2.52 bits per heavy atom. The van der Waals surface area contributed by atoms with Crippen molar-refractivity contribution >= 4 is 28.9 Å². The zero-order valence-electron chi connectivity index (χ0n) is 11.8. The molecule has 110 valence electrons. The third kappa shape index (κ3) is 4.20. The van der Waals surface area contributed by atoms with Crippen LogP contribution in [0.4, 0.5) is 15.8 Å². The topological polar surface area (TPSA) is 41.1 Å². The fourth-order valence-corrected chi connectivity index (χ4v) is 1.97. The van der Waals surface area contributed by atoms with Crippen LogP contribution in [0.25, 0.3) is 0 Å². The van der Waals surface area contributed by atoms with Crippen LogP contribution in [0.5, 0.6) is 0 Å². The number of benzene rings is 2. The first kappa shape index (κ1) is 15.3. The van der Waals surface area contributed by atoms with Crippen LogP contribution >= 0.6 is 11.6 Å². The highest BCUT2D eigenvalue weighted by molar-refractivity contribution is 6.33. The molecule has 1 unspecified atom stereocenters. The van der Waals surface area contributed by atoms with Crippen LogP contribution in [0.15, 0.2) is 42.5 Å². The molecule has 0 aliphatic heterocycles. The molecule has 2 rings (SSSR count). The van der Waals surface area contributed by atoms with Gasteiger partial charge >= 0.3 is 0 Å². The van der Waals surface area contributed by atoms with Crippen LogP contribution < -0.4 is 10.6 Å². The number of rotatable bonds is 4. The Hall–Kier alpha value is -2.07. The minimum atomic E-state index is -0.550. The number of anilines is 2. The van der Waals surface area contributed by atoms with Gasteiger partial charge in [-0.15, -0.1) is 0 Å². The predicted octanol–water partition coefficient (Wildman–Crippen LogP) is 4.23. The molecule has 0 radical (unpaired) electrons. The van der Waals surface area contributed by atoms with Gasteiger partial charge in [-0.1, -0.05) is 29.3 Å². The highest BCUT2D eigenvalue weighted by Crippen LogP contribution is 2.23. The summed E-state index contributed by atoms with van der Waals surface area (Å²) in [5, 5.41) is 6.05. The fourth-order valence-electron chi connectivity index (χ4n) is 1.79. The maximum atomic E-state index is 13.2. The molecule has 0 saturated heterocycles. The van der Waals surface area contributed by atoms with E-state index in [2.05, 4.69) is 10.6 Å². The van der Waals surface area contributed by atoms with Gasteiger partial charge in [0.05, 0.1) is 10.7 Å². The predicted molar refractivity (Wildman–Crippen MR) is 84.3 cm³/mol. The minimum absolute atomic E-state index is 0.223. The third-order valence-electron chi connectivity index (χ3n) is 3.01. The van der Waals surface area contributed by atoms with E-state index in [1.165, 1.54) is 18.2 Å². The molecular weight excluding hydrogens is 291 g/mol. The smallest absolute Gasteiger partial charge is 0.246 e. The molecule has 0 aliphatic carbocycles. The van der Waals surface area contributed by atoms with E-state index >= 15 is 0 Å². The molecule has 0 aliphatic rings. The monoisotopic (exact) mass is 306 g/mol. The summed E-state index contributed by atoms with van der Waals surface area (Å²) in [6.07, 6.45) is 0. The Kier molecular flexibility index (Phi) is 4.81. The molecule has 0 bridgehead atoms. The van der Waals surface area contributed by atoms with Crippen LogP contribution in [0, 0.1) is 12.7 Å². The molecule has 0 aromatic heterocycles. The zero-order valence-corrected chi connectivity index (χ0v) is 12.5. The maximum absolute atomic E-state index is 13.2. The minimum Gasteiger partial charge on any atom is -0.373 e. The summed E-state index contributed by atoms with van der Waals surface area (Å²) in [5.41, 5.74) is 2.22. The standard InChI is InChI=1S/C16H16ClFN2O/c1-10-3-6-13(7-4-10)20-16(21)11(2)19-15-9-12(18)5-8-14(15)17/h3-9,11,19H,1-2H3,(H,20,21). The van der Waals surface area contributed by atoms with Gasteiger partial charge < -0.3 is 10.6 Å². The molecular formula is C16H16ClFN2O. The van der Waals surface area contributed by atoms with Crippen molar-refractivity contribution in [1.82, 2.24) is 0 Å². The Morgan fingerprint density at radius 1 is 1.19 bits per heavy atom. The first-order chi connectivity index (χ1) is 9.95. The summed E-state index contributed by atoms with van der Waals surface area (Å²) in [6.45, 7) is 3.66. The number of halogens is 2. The first-order valence-electron chi connectivity index (χ1n) is 6.55. The molecule has 1 amide bonds. The number of hydrogen-bond acceptors (Lipinski definition) is 2. The van der Waals surface area contributed by atoms with Crippen LogP contribution in [-0.2, 0) is 4.79 Å². The van der Waals surface area contributed by atoms with E-state index in [-0.39, 0.29) is 5.91 Å². The van der Waals surface area contributed by atoms with Gasteiger partial charge in [-0.2, -0.15) is 0 Å². The molecule has 0 heterocycles. The summed E-state index contributed by atoms with van der Waals surface area (Å²) in [5.74, 6) is -0.632.